The highest BCUT2D eigenvalue weighted by Crippen LogP contribution is 2.45. The molecular formula is C47H51N9O9S2. The number of sulfonamides is 1. The molecule has 350 valence electrons. The zero-order valence-corrected chi connectivity index (χ0v) is 39.7. The number of likely N-dealkylation sites (tertiary alicyclic amines) is 1. The number of tetrazole rings is 1. The van der Waals surface area contributed by atoms with Crippen molar-refractivity contribution in [1.82, 2.24) is 39.4 Å². The molecule has 3 N–H and O–H groups in total. The first-order chi connectivity index (χ1) is 31.9. The van der Waals surface area contributed by atoms with Crippen LogP contribution in [0.5, 0.6) is 17.2 Å². The molecule has 1 saturated heterocycles. The first kappa shape index (κ1) is 46.5. The summed E-state index contributed by atoms with van der Waals surface area (Å²) in [6.07, 6.45) is -0.687. The average molecular weight is 950 g/mol. The number of fused-ring (bicyclic) bond motifs is 1. The van der Waals surface area contributed by atoms with E-state index in [1.54, 1.807) is 94.6 Å². The summed E-state index contributed by atoms with van der Waals surface area (Å²) < 4.78 is 85.6. The number of imidazole rings is 1. The lowest BCUT2D eigenvalue weighted by Gasteiger charge is -2.39. The number of ether oxygens (including phenoxy) is 4. The Morgan fingerprint density at radius 1 is 0.776 bits per heavy atom. The highest BCUT2D eigenvalue weighted by molar-refractivity contribution is 7.94. The Morgan fingerprint density at radius 2 is 1.31 bits per heavy atom. The molecule has 5 aromatic carbocycles. The van der Waals surface area contributed by atoms with Crippen LogP contribution in [0.4, 0.5) is 10.7 Å². The van der Waals surface area contributed by atoms with E-state index in [9.17, 15) is 4.79 Å². The molecule has 0 bridgehead atoms. The quantitative estimate of drug-likeness (QED) is 0.110. The van der Waals surface area contributed by atoms with Gasteiger partial charge in [-0.15, -0.1) is 10.2 Å². The average Bonchev–Trinajstić information content (AvgIpc) is 3.92. The van der Waals surface area contributed by atoms with Gasteiger partial charge in [0, 0.05) is 31.7 Å². The lowest BCUT2D eigenvalue weighted by Crippen LogP contribution is -2.57. The van der Waals surface area contributed by atoms with Gasteiger partial charge in [0.2, 0.25) is 15.8 Å². The van der Waals surface area contributed by atoms with Gasteiger partial charge in [-0.3, -0.25) is 0 Å². The minimum atomic E-state index is -4.93. The number of nitrogens with one attached hydrogen (secondary N) is 1. The van der Waals surface area contributed by atoms with Crippen LogP contribution in [0.25, 0.3) is 33.5 Å². The predicted molar refractivity (Wildman–Crippen MR) is 251 cm³/mol. The topological polar surface area (TPSA) is 227 Å². The van der Waals surface area contributed by atoms with Crippen molar-refractivity contribution in [2.75, 3.05) is 40.2 Å². The molecule has 0 atom stereocenters. The van der Waals surface area contributed by atoms with E-state index in [-0.39, 0.29) is 55.6 Å². The standard InChI is InChI=1S/C47H51N9O9S2/c1-29-8-21-38(42-41(29)49-45(48)50-42)37-22-23-39(66(58,59)36-27-54(28-36)46(57)65-47(2,3)4)43(40(37)44-51-53-56(52-44)26-32-13-19-35(64-7)20-14-32)67(60,61)55(24-30-9-15-33(62-5)16-10-30)25-31-11-17-34(63-6)18-12-31/h8-23,36H,24-28H2,1-7H3,(H3,48,49,50). The summed E-state index contributed by atoms with van der Waals surface area (Å²) in [5.41, 5.74) is 9.72. The van der Waals surface area contributed by atoms with Gasteiger partial charge in [0.1, 0.15) is 33.0 Å². The molecule has 18 nitrogen and oxygen atoms in total. The van der Waals surface area contributed by atoms with Gasteiger partial charge >= 0.3 is 6.09 Å². The minimum absolute atomic E-state index is 0.118. The van der Waals surface area contributed by atoms with Gasteiger partial charge in [-0.1, -0.05) is 54.6 Å². The lowest BCUT2D eigenvalue weighted by atomic mass is 9.96. The number of methoxy groups -OCH3 is 3. The molecule has 2 aromatic heterocycles. The van der Waals surface area contributed by atoms with Crippen LogP contribution in [0.2, 0.25) is 0 Å². The van der Waals surface area contributed by atoms with Crippen LogP contribution in [-0.4, -0.2) is 108 Å². The molecule has 8 rings (SSSR count). The number of hydrogen-bond donors (Lipinski definition) is 2. The summed E-state index contributed by atoms with van der Waals surface area (Å²) in [4.78, 5) is 22.2. The smallest absolute Gasteiger partial charge is 0.410 e. The highest BCUT2D eigenvalue weighted by atomic mass is 32.2. The maximum atomic E-state index is 16.2. The lowest BCUT2D eigenvalue weighted by molar-refractivity contribution is 0.0139. The van der Waals surface area contributed by atoms with Crippen LogP contribution < -0.4 is 19.9 Å². The third-order valence-corrected chi connectivity index (χ3v) is 15.5. The number of anilines is 1. The molecular weight excluding hydrogens is 899 g/mol. The maximum absolute atomic E-state index is 16.2. The number of amides is 1. The van der Waals surface area contributed by atoms with E-state index in [0.29, 0.717) is 45.0 Å². The summed E-state index contributed by atoms with van der Waals surface area (Å²) in [7, 11) is -4.88. The number of aryl methyl sites for hydroxylation is 1. The number of nitrogen functional groups attached to an aromatic ring is 1. The van der Waals surface area contributed by atoms with E-state index >= 15 is 16.8 Å². The number of aromatic amines is 1. The molecule has 0 saturated carbocycles. The Kier molecular flexibility index (Phi) is 12.7. The van der Waals surface area contributed by atoms with E-state index in [4.69, 9.17) is 29.8 Å². The molecule has 1 aliphatic heterocycles. The van der Waals surface area contributed by atoms with Gasteiger partial charge in [0.05, 0.1) is 49.4 Å². The Morgan fingerprint density at radius 3 is 1.85 bits per heavy atom. The number of aromatic nitrogens is 6. The summed E-state index contributed by atoms with van der Waals surface area (Å²) >= 11 is 0. The fraction of sp³-hybridized carbons (Fsp3) is 0.298. The van der Waals surface area contributed by atoms with Crippen molar-refractivity contribution in [2.24, 2.45) is 0 Å². The molecule has 1 fully saturated rings. The third kappa shape index (κ3) is 9.63. The SMILES string of the molecule is COc1ccc(CN(Cc2ccc(OC)cc2)S(=O)(=O)c2c(S(=O)(=O)C3CN(C(=O)OC(C)(C)C)C3)ccc(-c3ccc(C)c4nc(N)[nH]c34)c2-c2nnn(Cc3ccc(OC)cc3)n2)cc1. The summed E-state index contributed by atoms with van der Waals surface area (Å²) in [5.74, 6) is 1.72. The molecule has 1 amide bonds. The molecule has 1 aliphatic rings. The molecule has 0 spiro atoms. The van der Waals surface area contributed by atoms with Crippen LogP contribution in [0.3, 0.4) is 0 Å². The number of benzene rings is 5. The largest absolute Gasteiger partial charge is 0.497 e. The van der Waals surface area contributed by atoms with Crippen molar-refractivity contribution in [1.29, 1.82) is 0 Å². The molecule has 67 heavy (non-hydrogen) atoms. The van der Waals surface area contributed by atoms with Gasteiger partial charge in [-0.25, -0.2) is 26.6 Å². The molecule has 0 radical (unpaired) electrons. The van der Waals surface area contributed by atoms with Crippen molar-refractivity contribution >= 4 is 42.9 Å². The summed E-state index contributed by atoms with van der Waals surface area (Å²) in [6.45, 7) is 6.26. The van der Waals surface area contributed by atoms with Gasteiger partial charge < -0.3 is 34.6 Å². The number of hydrogen-bond acceptors (Lipinski definition) is 14. The fourth-order valence-corrected chi connectivity index (χ4v) is 11.8. The third-order valence-electron chi connectivity index (χ3n) is 11.3. The Balaban J connectivity index is 1.38. The molecule has 3 heterocycles. The Labute approximate surface area is 388 Å². The second kappa shape index (κ2) is 18.3. The normalized spacial score (nSPS) is 13.5. The number of nitrogens with zero attached hydrogens (tertiary/aromatic N) is 7. The molecule has 0 aliphatic carbocycles. The Bertz CT molecular complexity index is 3110. The number of carbonyl (C=O) groups is 1. The minimum Gasteiger partial charge on any atom is -0.497 e. The van der Waals surface area contributed by atoms with Gasteiger partial charge in [0.25, 0.3) is 0 Å². The zero-order chi connectivity index (χ0) is 47.8. The maximum Gasteiger partial charge on any atom is 0.410 e. The number of H-pyrrole nitrogens is 1. The van der Waals surface area contributed by atoms with E-state index < -0.39 is 46.6 Å². The van der Waals surface area contributed by atoms with E-state index in [1.165, 1.54) is 40.4 Å². The van der Waals surface area contributed by atoms with E-state index in [0.717, 1.165) is 11.1 Å². The van der Waals surface area contributed by atoms with Crippen LogP contribution in [0.15, 0.2) is 107 Å². The number of nitrogens with two attached hydrogens (primary N) is 1. The van der Waals surface area contributed by atoms with Crippen LogP contribution in [0, 0.1) is 6.92 Å². The number of sulfone groups is 1. The molecule has 0 unspecified atom stereocenters. The first-order valence-electron chi connectivity index (χ1n) is 21.2. The van der Waals surface area contributed by atoms with Crippen molar-refractivity contribution in [3.05, 3.63) is 119 Å². The second-order valence-corrected chi connectivity index (χ2v) is 21.2. The van der Waals surface area contributed by atoms with Gasteiger partial charge in [-0.05, 0) is 103 Å². The first-order valence-corrected chi connectivity index (χ1v) is 24.2. The van der Waals surface area contributed by atoms with Crippen LogP contribution in [0.1, 0.15) is 43.0 Å². The van der Waals surface area contributed by atoms with E-state index in [2.05, 4.69) is 20.3 Å². The second-order valence-electron chi connectivity index (χ2n) is 17.1. The highest BCUT2D eigenvalue weighted by Gasteiger charge is 2.46. The number of rotatable bonds is 15. The fourth-order valence-electron chi connectivity index (χ4n) is 7.78. The predicted octanol–water partition coefficient (Wildman–Crippen LogP) is 6.63. The van der Waals surface area contributed by atoms with Crippen LogP contribution >= 0.6 is 0 Å². The van der Waals surface area contributed by atoms with Gasteiger partial charge in [-0.2, -0.15) is 9.10 Å². The zero-order valence-electron chi connectivity index (χ0n) is 38.0. The van der Waals surface area contributed by atoms with Crippen LogP contribution in [-0.2, 0) is 44.2 Å². The monoisotopic (exact) mass is 949 g/mol. The molecule has 20 heteroatoms. The van der Waals surface area contributed by atoms with Crippen molar-refractivity contribution in [3.8, 4) is 39.8 Å². The van der Waals surface area contributed by atoms with Crippen molar-refractivity contribution in [3.63, 3.8) is 0 Å². The molecule has 7 aromatic rings. The summed E-state index contributed by atoms with van der Waals surface area (Å²) in [6, 6.07) is 27.5. The Hall–Kier alpha value is -7.03. The number of carbonyl (C=O) groups excluding carboxylic acids is 1. The van der Waals surface area contributed by atoms with Crippen molar-refractivity contribution < 1.29 is 40.6 Å². The van der Waals surface area contributed by atoms with Gasteiger partial charge in [0.15, 0.2) is 15.8 Å². The summed E-state index contributed by atoms with van der Waals surface area (Å²) in [5, 5.41) is 12.4. The van der Waals surface area contributed by atoms with Crippen molar-refractivity contribution in [2.45, 2.75) is 68.0 Å². The van der Waals surface area contributed by atoms with E-state index in [1.807, 2.05) is 25.1 Å².